The number of nitrogens with one attached hydrogen (secondary N) is 1. The molecule has 180 valence electrons. The molecule has 1 amide bonds. The SMILES string of the molecule is CCCC(C)Oc1cc(-n2nc3n(c2=O)CCCC3)c(F)cc1C(=O)Nc1c(F)cccc1F. The molecule has 1 aromatic heterocycles. The molecular formula is C24H25F3N4O3. The third-order valence-corrected chi connectivity index (χ3v) is 5.72. The van der Waals surface area contributed by atoms with Crippen molar-refractivity contribution in [3.05, 3.63) is 69.7 Å². The summed E-state index contributed by atoms with van der Waals surface area (Å²) in [6.07, 6.45) is 3.42. The number of rotatable bonds is 7. The highest BCUT2D eigenvalue weighted by Crippen LogP contribution is 2.29. The van der Waals surface area contributed by atoms with E-state index in [1.807, 2.05) is 6.92 Å². The Kier molecular flexibility index (Phi) is 6.76. The Balaban J connectivity index is 1.78. The number of hydrogen-bond donors (Lipinski definition) is 1. The standard InChI is InChI=1S/C24H25F3N4O3/c1-3-7-14(2)34-20-13-19(31-24(33)30-11-5-4-10-21(30)29-31)18(27)12-15(20)23(32)28-22-16(25)8-6-9-17(22)26/h6,8-9,12-14H,3-5,7,10-11H2,1-2H3,(H,28,32). The molecule has 2 aromatic carbocycles. The van der Waals surface area contributed by atoms with E-state index in [1.54, 1.807) is 6.92 Å². The Hall–Kier alpha value is -3.56. The summed E-state index contributed by atoms with van der Waals surface area (Å²) in [5.41, 5.74) is -1.56. The molecule has 1 aliphatic heterocycles. The number of hydrogen-bond acceptors (Lipinski definition) is 4. The maximum atomic E-state index is 15.2. The second-order valence-electron chi connectivity index (χ2n) is 8.29. The predicted octanol–water partition coefficient (Wildman–Crippen LogP) is 4.61. The summed E-state index contributed by atoms with van der Waals surface area (Å²) < 4.78 is 51.7. The van der Waals surface area contributed by atoms with Crippen LogP contribution in [-0.2, 0) is 13.0 Å². The molecule has 0 spiro atoms. The lowest BCUT2D eigenvalue weighted by atomic mass is 10.1. The van der Waals surface area contributed by atoms with E-state index in [2.05, 4.69) is 10.4 Å². The number of para-hydroxylation sites is 1. The van der Waals surface area contributed by atoms with E-state index in [4.69, 9.17) is 4.74 Å². The van der Waals surface area contributed by atoms with Crippen LogP contribution < -0.4 is 15.7 Å². The number of anilines is 1. The van der Waals surface area contributed by atoms with Gasteiger partial charge in [-0.15, -0.1) is 5.10 Å². The Labute approximate surface area is 194 Å². The molecule has 1 unspecified atom stereocenters. The number of ether oxygens (including phenoxy) is 1. The summed E-state index contributed by atoms with van der Waals surface area (Å²) in [7, 11) is 0. The van der Waals surface area contributed by atoms with Crippen molar-refractivity contribution in [1.29, 1.82) is 0 Å². The number of amides is 1. The molecular weight excluding hydrogens is 449 g/mol. The molecule has 3 aromatic rings. The van der Waals surface area contributed by atoms with Crippen LogP contribution in [-0.4, -0.2) is 26.4 Å². The zero-order valence-electron chi connectivity index (χ0n) is 18.9. The molecule has 2 heterocycles. The highest BCUT2D eigenvalue weighted by atomic mass is 19.1. The number of aryl methyl sites for hydroxylation is 1. The van der Waals surface area contributed by atoms with E-state index < -0.39 is 34.7 Å². The van der Waals surface area contributed by atoms with E-state index in [0.29, 0.717) is 25.2 Å². The average molecular weight is 474 g/mol. The number of aromatic nitrogens is 3. The van der Waals surface area contributed by atoms with Gasteiger partial charge in [-0.25, -0.2) is 18.0 Å². The van der Waals surface area contributed by atoms with Crippen LogP contribution in [0.15, 0.2) is 35.1 Å². The van der Waals surface area contributed by atoms with Crippen molar-refractivity contribution in [2.75, 3.05) is 5.32 Å². The van der Waals surface area contributed by atoms with E-state index in [0.717, 1.165) is 48.2 Å². The van der Waals surface area contributed by atoms with Gasteiger partial charge in [0.05, 0.1) is 11.7 Å². The second-order valence-corrected chi connectivity index (χ2v) is 8.29. The summed E-state index contributed by atoms with van der Waals surface area (Å²) in [4.78, 5) is 25.8. The van der Waals surface area contributed by atoms with Crippen molar-refractivity contribution in [3.63, 3.8) is 0 Å². The molecule has 1 atom stereocenters. The van der Waals surface area contributed by atoms with Gasteiger partial charge in [-0.05, 0) is 44.4 Å². The number of fused-ring (bicyclic) bond motifs is 1. The van der Waals surface area contributed by atoms with Crippen molar-refractivity contribution in [2.24, 2.45) is 0 Å². The summed E-state index contributed by atoms with van der Waals surface area (Å²) in [5, 5.41) is 6.43. The first-order valence-corrected chi connectivity index (χ1v) is 11.2. The van der Waals surface area contributed by atoms with Gasteiger partial charge in [-0.3, -0.25) is 9.36 Å². The highest BCUT2D eigenvalue weighted by Gasteiger charge is 2.25. The fraction of sp³-hybridized carbons (Fsp3) is 0.375. The van der Waals surface area contributed by atoms with Crippen LogP contribution in [0.2, 0.25) is 0 Å². The molecule has 0 saturated carbocycles. The molecule has 34 heavy (non-hydrogen) atoms. The van der Waals surface area contributed by atoms with E-state index in [-0.39, 0.29) is 23.1 Å². The van der Waals surface area contributed by atoms with Crippen molar-refractivity contribution < 1.29 is 22.7 Å². The summed E-state index contributed by atoms with van der Waals surface area (Å²) in [5.74, 6) is -3.25. The number of carbonyl (C=O) groups excluding carboxylic acids is 1. The molecule has 1 N–H and O–H groups in total. The topological polar surface area (TPSA) is 78.2 Å². The predicted molar refractivity (Wildman–Crippen MR) is 120 cm³/mol. The maximum Gasteiger partial charge on any atom is 0.350 e. The Bertz CT molecular complexity index is 1260. The van der Waals surface area contributed by atoms with E-state index in [1.165, 1.54) is 10.6 Å². The number of carbonyl (C=O) groups is 1. The molecule has 0 radical (unpaired) electrons. The lowest BCUT2D eigenvalue weighted by molar-refractivity contribution is 0.101. The Morgan fingerprint density at radius 1 is 1.18 bits per heavy atom. The van der Waals surface area contributed by atoms with E-state index >= 15 is 4.39 Å². The van der Waals surface area contributed by atoms with Crippen LogP contribution in [0.25, 0.3) is 5.69 Å². The number of nitrogens with zero attached hydrogens (tertiary/aromatic N) is 3. The molecule has 0 saturated heterocycles. The van der Waals surface area contributed by atoms with Crippen molar-refractivity contribution >= 4 is 11.6 Å². The van der Waals surface area contributed by atoms with Gasteiger partial charge in [0, 0.05) is 19.0 Å². The quantitative estimate of drug-likeness (QED) is 0.543. The summed E-state index contributed by atoms with van der Waals surface area (Å²) in [6.45, 7) is 4.24. The van der Waals surface area contributed by atoms with Gasteiger partial charge >= 0.3 is 5.69 Å². The summed E-state index contributed by atoms with van der Waals surface area (Å²) in [6, 6.07) is 5.28. The van der Waals surface area contributed by atoms with Crippen LogP contribution in [0.5, 0.6) is 5.75 Å². The lowest BCUT2D eigenvalue weighted by Crippen LogP contribution is -2.27. The first-order chi connectivity index (χ1) is 16.3. The Morgan fingerprint density at radius 2 is 1.91 bits per heavy atom. The molecule has 7 nitrogen and oxygen atoms in total. The van der Waals surface area contributed by atoms with Gasteiger partial charge in [-0.2, -0.15) is 4.68 Å². The van der Waals surface area contributed by atoms with Gasteiger partial charge in [0.15, 0.2) is 0 Å². The zero-order chi connectivity index (χ0) is 24.4. The van der Waals surface area contributed by atoms with Gasteiger partial charge in [0.2, 0.25) is 0 Å². The largest absolute Gasteiger partial charge is 0.490 e. The van der Waals surface area contributed by atoms with Crippen molar-refractivity contribution in [1.82, 2.24) is 14.3 Å². The average Bonchev–Trinajstić information content (AvgIpc) is 3.14. The number of benzene rings is 2. The normalized spacial score (nSPS) is 13.9. The minimum atomic E-state index is -0.970. The van der Waals surface area contributed by atoms with Crippen LogP contribution >= 0.6 is 0 Å². The number of halogens is 3. The first-order valence-electron chi connectivity index (χ1n) is 11.2. The molecule has 0 fully saturated rings. The third-order valence-electron chi connectivity index (χ3n) is 5.72. The molecule has 1 aliphatic rings. The van der Waals surface area contributed by atoms with Gasteiger partial charge in [0.1, 0.15) is 40.4 Å². The van der Waals surface area contributed by atoms with Crippen LogP contribution in [0.1, 0.15) is 55.7 Å². The van der Waals surface area contributed by atoms with Crippen LogP contribution in [0.4, 0.5) is 18.9 Å². The van der Waals surface area contributed by atoms with Gasteiger partial charge in [0.25, 0.3) is 5.91 Å². The molecule has 0 aliphatic carbocycles. The highest BCUT2D eigenvalue weighted by molar-refractivity contribution is 6.06. The lowest BCUT2D eigenvalue weighted by Gasteiger charge is -2.18. The van der Waals surface area contributed by atoms with Gasteiger partial charge < -0.3 is 10.1 Å². The maximum absolute atomic E-state index is 15.2. The second kappa shape index (κ2) is 9.74. The Morgan fingerprint density at radius 3 is 2.59 bits per heavy atom. The minimum absolute atomic E-state index is 0.0236. The third kappa shape index (κ3) is 4.57. The van der Waals surface area contributed by atoms with Crippen LogP contribution in [0.3, 0.4) is 0 Å². The molecule has 10 heteroatoms. The monoisotopic (exact) mass is 474 g/mol. The minimum Gasteiger partial charge on any atom is -0.490 e. The van der Waals surface area contributed by atoms with Crippen LogP contribution in [0, 0.1) is 17.5 Å². The van der Waals surface area contributed by atoms with E-state index in [9.17, 15) is 18.4 Å². The van der Waals surface area contributed by atoms with Gasteiger partial charge in [-0.1, -0.05) is 19.4 Å². The molecule has 0 bridgehead atoms. The zero-order valence-corrected chi connectivity index (χ0v) is 18.9. The van der Waals surface area contributed by atoms with Crippen molar-refractivity contribution in [3.8, 4) is 11.4 Å². The fourth-order valence-electron chi connectivity index (χ4n) is 4.02. The summed E-state index contributed by atoms with van der Waals surface area (Å²) >= 11 is 0. The first kappa shape index (κ1) is 23.6. The fourth-order valence-corrected chi connectivity index (χ4v) is 4.02. The smallest absolute Gasteiger partial charge is 0.350 e. The molecule has 4 rings (SSSR count). The van der Waals surface area contributed by atoms with Crippen molar-refractivity contribution in [2.45, 2.75) is 58.6 Å².